The average Bonchev–Trinajstić information content (AvgIpc) is 2.80. The first-order chi connectivity index (χ1) is 15.1. The van der Waals surface area contributed by atoms with Gasteiger partial charge in [0.15, 0.2) is 0 Å². The molecule has 0 N–H and O–H groups in total. The fraction of sp³-hybridized carbons (Fsp3) is 0.379. The van der Waals surface area contributed by atoms with Crippen LogP contribution in [0, 0.1) is 24.6 Å². The summed E-state index contributed by atoms with van der Waals surface area (Å²) in [4.78, 5) is 0. The Morgan fingerprint density at radius 1 is 0.710 bits per heavy atom. The molecule has 0 heterocycles. The Bertz CT molecular complexity index is 967. The van der Waals surface area contributed by atoms with Crippen molar-refractivity contribution in [3.05, 3.63) is 94.3 Å². The maximum atomic E-state index is 13.7. The first-order valence-electron chi connectivity index (χ1n) is 11.7. The first-order valence-corrected chi connectivity index (χ1v) is 12.0. The summed E-state index contributed by atoms with van der Waals surface area (Å²) in [6, 6.07) is 22.6. The highest BCUT2D eigenvalue weighted by Gasteiger charge is 2.20. The number of halogens is 2. The molecule has 0 atom stereocenters. The van der Waals surface area contributed by atoms with Crippen LogP contribution in [0.2, 0.25) is 5.02 Å². The van der Waals surface area contributed by atoms with Gasteiger partial charge in [0.25, 0.3) is 0 Å². The van der Waals surface area contributed by atoms with E-state index < -0.39 is 0 Å². The molecule has 31 heavy (non-hydrogen) atoms. The minimum atomic E-state index is -0.363. The van der Waals surface area contributed by atoms with Crippen LogP contribution in [0.5, 0.6) is 0 Å². The Morgan fingerprint density at radius 3 is 1.71 bits per heavy atom. The second kappa shape index (κ2) is 10.5. The normalized spacial score (nSPS) is 18.8. The Morgan fingerprint density at radius 2 is 1.19 bits per heavy atom. The summed E-state index contributed by atoms with van der Waals surface area (Å²) in [5.41, 5.74) is 6.11. The van der Waals surface area contributed by atoms with Gasteiger partial charge in [-0.3, -0.25) is 0 Å². The average molecular weight is 435 g/mol. The molecule has 0 bridgehead atoms. The van der Waals surface area contributed by atoms with E-state index in [9.17, 15) is 4.39 Å². The molecule has 3 aromatic carbocycles. The fourth-order valence-electron chi connectivity index (χ4n) is 4.84. The minimum absolute atomic E-state index is 0.172. The van der Waals surface area contributed by atoms with Gasteiger partial charge in [-0.15, -0.1) is 0 Å². The molecule has 4 rings (SSSR count). The largest absolute Gasteiger partial charge is 0.205 e. The number of hydrogen-bond acceptors (Lipinski definition) is 0. The van der Waals surface area contributed by atoms with Crippen LogP contribution in [0.25, 0.3) is 11.1 Å². The summed E-state index contributed by atoms with van der Waals surface area (Å²) in [6.07, 6.45) is 10.5. The van der Waals surface area contributed by atoms with Crippen molar-refractivity contribution >= 4 is 11.6 Å². The van der Waals surface area contributed by atoms with Gasteiger partial charge in [-0.2, -0.15) is 0 Å². The lowest BCUT2D eigenvalue weighted by atomic mass is 9.77. The van der Waals surface area contributed by atoms with Crippen molar-refractivity contribution in [1.29, 1.82) is 0 Å². The summed E-state index contributed by atoms with van der Waals surface area (Å²) < 4.78 is 13.7. The van der Waals surface area contributed by atoms with E-state index >= 15 is 0 Å². The molecule has 1 fully saturated rings. The lowest BCUT2D eigenvalue weighted by molar-refractivity contribution is 0.253. The van der Waals surface area contributed by atoms with Crippen molar-refractivity contribution in [1.82, 2.24) is 0 Å². The summed E-state index contributed by atoms with van der Waals surface area (Å²) in [7, 11) is 0. The Kier molecular flexibility index (Phi) is 7.45. The van der Waals surface area contributed by atoms with Crippen molar-refractivity contribution in [2.24, 2.45) is 11.8 Å². The summed E-state index contributed by atoms with van der Waals surface area (Å²) in [5, 5.41) is 0.172. The number of aryl methyl sites for hydroxylation is 3. The van der Waals surface area contributed by atoms with Crippen LogP contribution in [0.4, 0.5) is 4.39 Å². The third-order valence-corrected chi connectivity index (χ3v) is 7.28. The van der Waals surface area contributed by atoms with Gasteiger partial charge in [-0.05, 0) is 78.8 Å². The molecule has 1 aliphatic carbocycles. The van der Waals surface area contributed by atoms with Gasteiger partial charge in [-0.1, -0.05) is 97.4 Å². The molecule has 0 saturated heterocycles. The molecule has 1 saturated carbocycles. The predicted octanol–water partition coefficient (Wildman–Crippen LogP) is 8.83. The second-order valence-electron chi connectivity index (χ2n) is 9.28. The second-order valence-corrected chi connectivity index (χ2v) is 9.68. The lowest BCUT2D eigenvalue weighted by Crippen LogP contribution is -2.15. The maximum absolute atomic E-state index is 13.7. The molecule has 0 aliphatic heterocycles. The van der Waals surface area contributed by atoms with Crippen LogP contribution < -0.4 is 0 Å². The molecular weight excluding hydrogens is 403 g/mol. The Labute approximate surface area is 191 Å². The van der Waals surface area contributed by atoms with Crippen molar-refractivity contribution < 1.29 is 4.39 Å². The van der Waals surface area contributed by atoms with Crippen LogP contribution in [-0.4, -0.2) is 0 Å². The summed E-state index contributed by atoms with van der Waals surface area (Å²) in [5.74, 6) is 1.40. The lowest BCUT2D eigenvalue weighted by Gasteiger charge is -2.28. The van der Waals surface area contributed by atoms with Gasteiger partial charge < -0.3 is 0 Å². The third-order valence-electron chi connectivity index (χ3n) is 6.98. The summed E-state index contributed by atoms with van der Waals surface area (Å²) in [6.45, 7) is 2.15. The van der Waals surface area contributed by atoms with Gasteiger partial charge in [0.1, 0.15) is 5.82 Å². The van der Waals surface area contributed by atoms with Gasteiger partial charge in [0, 0.05) is 0 Å². The topological polar surface area (TPSA) is 0 Å². The zero-order valence-electron chi connectivity index (χ0n) is 18.4. The van der Waals surface area contributed by atoms with Gasteiger partial charge >= 0.3 is 0 Å². The molecule has 0 unspecified atom stereocenters. The Hall–Kier alpha value is -2.12. The molecule has 0 spiro atoms. The minimum Gasteiger partial charge on any atom is -0.205 e. The zero-order valence-corrected chi connectivity index (χ0v) is 19.2. The molecule has 1 aliphatic rings. The highest BCUT2D eigenvalue weighted by Crippen LogP contribution is 2.34. The number of hydrogen-bond donors (Lipinski definition) is 0. The van der Waals surface area contributed by atoms with E-state index in [1.54, 1.807) is 6.07 Å². The highest BCUT2D eigenvalue weighted by molar-refractivity contribution is 6.30. The van der Waals surface area contributed by atoms with E-state index in [1.165, 1.54) is 67.7 Å². The van der Waals surface area contributed by atoms with E-state index in [4.69, 9.17) is 11.6 Å². The van der Waals surface area contributed by atoms with Crippen LogP contribution >= 0.6 is 11.6 Å². The SMILES string of the molecule is Cc1ccc(CC[C@H]2CC[C@H](CCc3ccc(-c4ccc(Cl)c(F)c4)cc3)CC2)cc1. The molecule has 0 nitrogen and oxygen atoms in total. The molecule has 0 amide bonds. The van der Waals surface area contributed by atoms with Gasteiger partial charge in [-0.25, -0.2) is 4.39 Å². The third kappa shape index (κ3) is 6.20. The number of benzene rings is 3. The van der Waals surface area contributed by atoms with E-state index in [1.807, 2.05) is 6.07 Å². The quantitative estimate of drug-likeness (QED) is 0.348. The smallest absolute Gasteiger partial charge is 0.142 e. The number of rotatable bonds is 7. The van der Waals surface area contributed by atoms with E-state index in [-0.39, 0.29) is 10.8 Å². The summed E-state index contributed by atoms with van der Waals surface area (Å²) >= 11 is 5.79. The van der Waals surface area contributed by atoms with Crippen LogP contribution in [-0.2, 0) is 12.8 Å². The molecule has 0 radical (unpaired) electrons. The molecule has 162 valence electrons. The monoisotopic (exact) mass is 434 g/mol. The van der Waals surface area contributed by atoms with E-state index in [2.05, 4.69) is 55.5 Å². The highest BCUT2D eigenvalue weighted by atomic mass is 35.5. The molecule has 2 heteroatoms. The zero-order chi connectivity index (χ0) is 21.6. The molecule has 3 aromatic rings. The Balaban J connectivity index is 1.20. The van der Waals surface area contributed by atoms with Crippen LogP contribution in [0.1, 0.15) is 55.2 Å². The van der Waals surface area contributed by atoms with Crippen LogP contribution in [0.3, 0.4) is 0 Å². The van der Waals surface area contributed by atoms with E-state index in [0.717, 1.165) is 29.4 Å². The fourth-order valence-corrected chi connectivity index (χ4v) is 4.96. The van der Waals surface area contributed by atoms with Crippen molar-refractivity contribution in [2.45, 2.75) is 58.3 Å². The standard InChI is InChI=1S/C29H32ClF/c1-21-2-4-22(5-3-21)6-7-23-8-10-24(11-9-23)12-13-25-14-16-26(17-15-25)27-18-19-28(30)29(31)20-27/h2-5,14-20,23-24H,6-13H2,1H3/t23-,24-. The van der Waals surface area contributed by atoms with E-state index in [0.29, 0.717) is 0 Å². The van der Waals surface area contributed by atoms with Gasteiger partial charge in [0.05, 0.1) is 5.02 Å². The van der Waals surface area contributed by atoms with Gasteiger partial charge in [0.2, 0.25) is 0 Å². The van der Waals surface area contributed by atoms with Crippen molar-refractivity contribution in [3.8, 4) is 11.1 Å². The van der Waals surface area contributed by atoms with Crippen molar-refractivity contribution in [3.63, 3.8) is 0 Å². The first kappa shape index (κ1) is 22.1. The van der Waals surface area contributed by atoms with Crippen LogP contribution in [0.15, 0.2) is 66.7 Å². The van der Waals surface area contributed by atoms with Crippen molar-refractivity contribution in [2.75, 3.05) is 0 Å². The molecule has 0 aromatic heterocycles. The molecular formula is C29H32ClF. The predicted molar refractivity (Wildman–Crippen MR) is 130 cm³/mol. The maximum Gasteiger partial charge on any atom is 0.142 e.